The summed E-state index contributed by atoms with van der Waals surface area (Å²) in [7, 11) is 0. The second-order valence-electron chi connectivity index (χ2n) is 5.43. The third kappa shape index (κ3) is 4.20. The van der Waals surface area contributed by atoms with Crippen molar-refractivity contribution >= 4 is 18.4 Å². The Kier molecular flexibility index (Phi) is 7.58. The molecular formula is C12H18F10Sn. The molecule has 11 heteroatoms. The number of halogens is 10. The van der Waals surface area contributed by atoms with E-state index in [0.29, 0.717) is 0 Å². The first-order valence-electron chi connectivity index (χ1n) is 7.01. The van der Waals surface area contributed by atoms with Crippen LogP contribution in [0.3, 0.4) is 0 Å². The molecule has 0 aromatic rings. The van der Waals surface area contributed by atoms with Gasteiger partial charge in [-0.25, -0.2) is 0 Å². The van der Waals surface area contributed by atoms with E-state index in [4.69, 9.17) is 0 Å². The molecule has 23 heavy (non-hydrogen) atoms. The summed E-state index contributed by atoms with van der Waals surface area (Å²) in [5.74, 6) is 0. The maximum absolute atomic E-state index is 13.9. The number of unbranched alkanes of at least 4 members (excludes halogenated alkanes) is 2. The van der Waals surface area contributed by atoms with Gasteiger partial charge in [-0.1, -0.05) is 0 Å². The molecule has 0 fully saturated rings. The van der Waals surface area contributed by atoms with Crippen molar-refractivity contribution in [3.05, 3.63) is 0 Å². The molecule has 0 aliphatic heterocycles. The molecule has 0 unspecified atom stereocenters. The fraction of sp³-hybridized carbons (Fsp3) is 1.00. The van der Waals surface area contributed by atoms with Crippen LogP contribution in [-0.2, 0) is 0 Å². The van der Waals surface area contributed by atoms with E-state index in [9.17, 15) is 43.9 Å². The Labute approximate surface area is 131 Å². The molecule has 0 aromatic carbocycles. The van der Waals surface area contributed by atoms with Gasteiger partial charge in [0.05, 0.1) is 0 Å². The van der Waals surface area contributed by atoms with Gasteiger partial charge in [-0.05, 0) is 0 Å². The van der Waals surface area contributed by atoms with Crippen molar-refractivity contribution in [2.24, 2.45) is 0 Å². The molecular weight excluding hydrogens is 453 g/mol. The molecule has 0 heterocycles. The molecule has 0 bridgehead atoms. The fourth-order valence-corrected chi connectivity index (χ4v) is 16.4. The van der Waals surface area contributed by atoms with E-state index < -0.39 is 60.3 Å². The summed E-state index contributed by atoms with van der Waals surface area (Å²) in [6.45, 7) is 2.65. The Bertz CT molecular complexity index is 335. The van der Waals surface area contributed by atoms with Crippen molar-refractivity contribution in [1.82, 2.24) is 0 Å². The average Bonchev–Trinajstić information content (AvgIpc) is 2.36. The van der Waals surface area contributed by atoms with Gasteiger partial charge < -0.3 is 0 Å². The summed E-state index contributed by atoms with van der Waals surface area (Å²) in [6.07, 6.45) is -14.0. The van der Waals surface area contributed by atoms with Crippen LogP contribution in [0.25, 0.3) is 0 Å². The molecule has 0 nitrogen and oxygen atoms in total. The van der Waals surface area contributed by atoms with E-state index in [2.05, 4.69) is 0 Å². The molecule has 140 valence electrons. The number of alkyl halides is 10. The van der Waals surface area contributed by atoms with Crippen molar-refractivity contribution in [2.75, 3.05) is 0 Å². The summed E-state index contributed by atoms with van der Waals surface area (Å²) >= 11 is -7.47. The van der Waals surface area contributed by atoms with Crippen molar-refractivity contribution in [1.29, 1.82) is 0 Å². The van der Waals surface area contributed by atoms with Crippen molar-refractivity contribution in [3.63, 3.8) is 0 Å². The summed E-state index contributed by atoms with van der Waals surface area (Å²) in [4.78, 5) is 0. The van der Waals surface area contributed by atoms with Gasteiger partial charge in [0, 0.05) is 0 Å². The standard InChI is InChI=1S/2C4H9.2C2F5.Sn/c2*1-3-4-2;2*3-1(4)2(5,6)7;/h2*1,3-4H2,2H3;;;. The first kappa shape index (κ1) is 23.1. The zero-order valence-corrected chi connectivity index (χ0v) is 15.4. The van der Waals surface area contributed by atoms with Crippen LogP contribution in [0, 0.1) is 0 Å². The number of hydrogen-bond acceptors (Lipinski definition) is 0. The first-order chi connectivity index (χ1) is 10.1. The van der Waals surface area contributed by atoms with E-state index >= 15 is 0 Å². The molecule has 0 saturated carbocycles. The van der Waals surface area contributed by atoms with E-state index in [1.165, 1.54) is 13.8 Å². The van der Waals surface area contributed by atoms with E-state index in [-0.39, 0.29) is 12.8 Å². The van der Waals surface area contributed by atoms with Crippen molar-refractivity contribution in [3.8, 4) is 0 Å². The van der Waals surface area contributed by atoms with Gasteiger partial charge in [0.15, 0.2) is 0 Å². The summed E-state index contributed by atoms with van der Waals surface area (Å²) in [6, 6.07) is 0. The quantitative estimate of drug-likeness (QED) is 0.280. The minimum absolute atomic E-state index is 0.0489. The Morgan fingerprint density at radius 1 is 0.565 bits per heavy atom. The molecule has 0 spiro atoms. The zero-order valence-electron chi connectivity index (χ0n) is 12.5. The van der Waals surface area contributed by atoms with Gasteiger partial charge in [-0.2, -0.15) is 0 Å². The normalized spacial score (nSPS) is 15.1. The summed E-state index contributed by atoms with van der Waals surface area (Å²) < 4.78 is 117. The Morgan fingerprint density at radius 2 is 0.826 bits per heavy atom. The molecule has 0 N–H and O–H groups in total. The molecule has 0 radical (unpaired) electrons. The second-order valence-corrected chi connectivity index (χ2v) is 18.0. The van der Waals surface area contributed by atoms with E-state index in [0.717, 1.165) is 0 Å². The SMILES string of the molecule is CCC[CH2][Sn]([CH2]CCC)([C](F)(F)C(F)(F)F)[C](F)(F)C(F)(F)F. The fourth-order valence-electron chi connectivity index (χ4n) is 2.45. The molecule has 0 saturated heterocycles. The molecule has 0 aliphatic carbocycles. The number of hydrogen-bond donors (Lipinski definition) is 0. The second kappa shape index (κ2) is 7.55. The van der Waals surface area contributed by atoms with Crippen LogP contribution in [0.2, 0.25) is 8.87 Å². The van der Waals surface area contributed by atoms with E-state index in [1.807, 2.05) is 0 Å². The third-order valence-corrected chi connectivity index (χ3v) is 19.2. The first-order valence-corrected chi connectivity index (χ1v) is 13.9. The Balaban J connectivity index is 6.40. The van der Waals surface area contributed by atoms with Gasteiger partial charge in [0.25, 0.3) is 0 Å². The molecule has 0 amide bonds. The molecule has 0 rings (SSSR count). The van der Waals surface area contributed by atoms with E-state index in [1.54, 1.807) is 0 Å². The van der Waals surface area contributed by atoms with Crippen LogP contribution < -0.4 is 0 Å². The Hall–Kier alpha value is 0.0987. The van der Waals surface area contributed by atoms with Gasteiger partial charge in [0.2, 0.25) is 0 Å². The average molecular weight is 471 g/mol. The van der Waals surface area contributed by atoms with Crippen LogP contribution in [0.1, 0.15) is 39.5 Å². The molecule has 0 atom stereocenters. The Morgan fingerprint density at radius 3 is 1.00 bits per heavy atom. The number of rotatable bonds is 8. The van der Waals surface area contributed by atoms with Crippen LogP contribution >= 0.6 is 0 Å². The third-order valence-electron chi connectivity index (χ3n) is 3.83. The summed E-state index contributed by atoms with van der Waals surface area (Å²) in [5, 5.41) is 0. The summed E-state index contributed by atoms with van der Waals surface area (Å²) in [5.41, 5.74) is 0. The molecule has 0 aromatic heterocycles. The van der Waals surface area contributed by atoms with Gasteiger partial charge in [-0.15, -0.1) is 0 Å². The van der Waals surface area contributed by atoms with Crippen LogP contribution in [0.5, 0.6) is 0 Å². The molecule has 0 aliphatic rings. The monoisotopic (exact) mass is 472 g/mol. The van der Waals surface area contributed by atoms with Crippen molar-refractivity contribution in [2.45, 2.75) is 68.6 Å². The topological polar surface area (TPSA) is 0 Å². The predicted molar refractivity (Wildman–Crippen MR) is 67.2 cm³/mol. The van der Waals surface area contributed by atoms with Gasteiger partial charge in [-0.3, -0.25) is 0 Å². The predicted octanol–water partition coefficient (Wildman–Crippen LogP) is 6.51. The maximum atomic E-state index is 13.9. The van der Waals surface area contributed by atoms with Crippen molar-refractivity contribution < 1.29 is 43.9 Å². The minimum atomic E-state index is -7.47. The van der Waals surface area contributed by atoms with Gasteiger partial charge >= 0.3 is 131 Å². The van der Waals surface area contributed by atoms with Gasteiger partial charge in [0.1, 0.15) is 0 Å². The van der Waals surface area contributed by atoms with Crippen LogP contribution in [0.4, 0.5) is 43.9 Å². The van der Waals surface area contributed by atoms with Crippen LogP contribution in [0.15, 0.2) is 0 Å². The van der Waals surface area contributed by atoms with Crippen LogP contribution in [-0.4, -0.2) is 38.6 Å². The zero-order chi connectivity index (χ0) is 18.7.